The summed E-state index contributed by atoms with van der Waals surface area (Å²) in [7, 11) is 1.08. The molecule has 8 atom stereocenters. The number of methoxy groups -OCH3 is 1. The molecule has 29 nitrogen and oxygen atoms in total. The van der Waals surface area contributed by atoms with Crippen LogP contribution in [0.15, 0.2) is 23.2 Å². The van der Waals surface area contributed by atoms with E-state index < -0.39 is 175 Å². The van der Waals surface area contributed by atoms with E-state index in [1.54, 1.807) is 33.8 Å². The van der Waals surface area contributed by atoms with Crippen molar-refractivity contribution in [1.82, 2.24) is 62.4 Å². The lowest BCUT2D eigenvalue weighted by Gasteiger charge is -2.32. The molecule has 1 aromatic carbocycles. The van der Waals surface area contributed by atoms with Gasteiger partial charge in [0.1, 0.15) is 61.1 Å². The minimum atomic E-state index is -1.63. The molecule has 0 saturated carbocycles. The molecule has 12 amide bonds. The summed E-state index contributed by atoms with van der Waals surface area (Å²) in [5, 5.41) is 34.4. The van der Waals surface area contributed by atoms with Crippen LogP contribution in [-0.4, -0.2) is 208 Å². The molecule has 2 aromatic rings. The standard InChI is InChI=1S/C51H69Cl2N13O16S/c1-6-25(3)43-48(79)56-20-36(68)58-33-24-83-50-29(28-15-27(10-11-30(28)61-50)57-35(67)12-13-54-38(70)22-65(39(71)18-52)66(23-41(73)74)40(72)19-53)16-31(45(76)55-21-37(69)62-43)59-49(80)44(26(4)7-2)63-47(78)34-9-8-14-64(34)51(81)32(60-46(33)77)17-42(75)82-5/h10-11,15,25-26,31-34,43-44,61H,6-9,12-14,16-24H2,1-5H3,(H,54,70)(H,55,76)(H,56,79)(H,57,67)(H,58,68)(H,59,80)(H,60,77)(H,62,69)(H,63,78)(H,73,74)/t25-,26-,31-,32-,33-,34-,43-,44-/m0/s1. The number of fused-ring (bicyclic) bond motifs is 5. The zero-order chi connectivity index (χ0) is 61.2. The number of ether oxygens (including phenoxy) is 1. The fourth-order valence-electron chi connectivity index (χ4n) is 9.18. The maximum atomic E-state index is 14.7. The van der Waals surface area contributed by atoms with Gasteiger partial charge in [-0.1, -0.05) is 40.5 Å². The molecule has 3 aliphatic rings. The molecule has 0 aliphatic carbocycles. The predicted molar refractivity (Wildman–Crippen MR) is 297 cm³/mol. The molecule has 4 heterocycles. The third-order valence-electron chi connectivity index (χ3n) is 14.1. The molecule has 1 saturated heterocycles. The second kappa shape index (κ2) is 31.1. The van der Waals surface area contributed by atoms with E-state index in [0.29, 0.717) is 45.7 Å². The Morgan fingerprint density at radius 3 is 2.02 bits per heavy atom. The Balaban J connectivity index is 1.59. The number of anilines is 1. The van der Waals surface area contributed by atoms with E-state index in [4.69, 9.17) is 27.9 Å². The number of carboxylic acid groups (broad SMARTS) is 1. The van der Waals surface area contributed by atoms with Crippen LogP contribution in [0.2, 0.25) is 0 Å². The first kappa shape index (κ1) is 66.1. The molecule has 1 fully saturated rings. The van der Waals surface area contributed by atoms with Gasteiger partial charge in [-0.15, -0.1) is 35.0 Å². The lowest BCUT2D eigenvalue weighted by atomic mass is 9.96. The number of carboxylic acids is 1. The smallest absolute Gasteiger partial charge is 0.325 e. The molecule has 32 heteroatoms. The molecule has 1 aromatic heterocycles. The Hall–Kier alpha value is -7.73. The highest BCUT2D eigenvalue weighted by Gasteiger charge is 2.42. The molecular formula is C51H69Cl2N13O16S. The van der Waals surface area contributed by atoms with Gasteiger partial charge < -0.3 is 67.6 Å². The predicted octanol–water partition coefficient (Wildman–Crippen LogP) is -2.29. The fourth-order valence-corrected chi connectivity index (χ4v) is 10.6. The molecule has 11 N–H and O–H groups in total. The van der Waals surface area contributed by atoms with Gasteiger partial charge in [0, 0.05) is 48.3 Å². The first-order valence-corrected chi connectivity index (χ1v) is 28.7. The molecule has 0 radical (unpaired) electrons. The maximum Gasteiger partial charge on any atom is 0.325 e. The number of carbonyl (C=O) groups excluding carboxylic acids is 13. The fraction of sp³-hybridized carbons (Fsp3) is 0.569. The topological polar surface area (TPSA) is 402 Å². The number of nitrogens with one attached hydrogen (secondary N) is 10. The van der Waals surface area contributed by atoms with Crippen molar-refractivity contribution >= 4 is 134 Å². The summed E-state index contributed by atoms with van der Waals surface area (Å²) in [6.07, 6.45) is -0.257. The highest BCUT2D eigenvalue weighted by molar-refractivity contribution is 7.99. The molecule has 5 rings (SSSR count). The average molecular weight is 1220 g/mol. The van der Waals surface area contributed by atoms with E-state index in [9.17, 15) is 72.2 Å². The van der Waals surface area contributed by atoms with Crippen molar-refractivity contribution in [1.29, 1.82) is 0 Å². The quantitative estimate of drug-likeness (QED) is 0.0479. The van der Waals surface area contributed by atoms with Gasteiger partial charge in [-0.3, -0.25) is 67.1 Å². The second-order valence-corrected chi connectivity index (χ2v) is 21.4. The first-order chi connectivity index (χ1) is 39.4. The summed E-state index contributed by atoms with van der Waals surface area (Å²) >= 11 is 12.2. The number of nitrogens with zero attached hydrogens (tertiary/aromatic N) is 3. The van der Waals surface area contributed by atoms with Crippen LogP contribution in [-0.2, 0) is 78.3 Å². The van der Waals surface area contributed by atoms with Crippen molar-refractivity contribution in [3.63, 3.8) is 0 Å². The number of benzene rings is 1. The molecule has 3 aliphatic heterocycles. The van der Waals surface area contributed by atoms with Crippen molar-refractivity contribution in [2.75, 3.05) is 69.2 Å². The number of carbonyl (C=O) groups is 14. The third kappa shape index (κ3) is 18.1. The largest absolute Gasteiger partial charge is 0.480 e. The number of aromatic nitrogens is 1. The SMILES string of the molecule is CC[C@H](C)[C@@H]1NC(=O)CNC(=O)[C@@H]2Cc3c([nH]c4ccc(NC(=O)CCNC(=O)CN(C(=O)CCl)N(CC(=O)O)C(=O)CCl)cc34)SC[C@H](NC(=O)CNC1=O)C(=O)N[C@@H](CC(=O)OC)C(=O)N1CCC[C@H]1C(=O)N[C@@H]([C@@H](C)CC)C(=O)N2. The van der Waals surface area contributed by atoms with Crippen LogP contribution in [0.4, 0.5) is 5.69 Å². The number of rotatable bonds is 16. The van der Waals surface area contributed by atoms with Crippen molar-refractivity contribution in [2.45, 2.75) is 114 Å². The summed E-state index contributed by atoms with van der Waals surface area (Å²) in [6, 6.07) is -3.87. The molecule has 0 unspecified atom stereocenters. The Kier molecular flexibility index (Phi) is 24.7. The van der Waals surface area contributed by atoms with Gasteiger partial charge >= 0.3 is 11.9 Å². The number of aliphatic carboxylic acids is 1. The van der Waals surface area contributed by atoms with E-state index in [0.717, 1.165) is 18.9 Å². The van der Waals surface area contributed by atoms with Crippen molar-refractivity contribution in [3.05, 3.63) is 23.8 Å². The number of hydrazine groups is 1. The number of hydrogen-bond donors (Lipinski definition) is 11. The average Bonchev–Trinajstić information content (AvgIpc) is 3.96. The summed E-state index contributed by atoms with van der Waals surface area (Å²) in [6.45, 7) is 3.32. The van der Waals surface area contributed by atoms with Gasteiger partial charge in [-0.25, -0.2) is 10.0 Å². The van der Waals surface area contributed by atoms with E-state index in [1.807, 2.05) is 0 Å². The number of halogens is 2. The zero-order valence-electron chi connectivity index (χ0n) is 46.2. The van der Waals surface area contributed by atoms with E-state index >= 15 is 0 Å². The summed E-state index contributed by atoms with van der Waals surface area (Å²) < 4.78 is 4.87. The third-order valence-corrected chi connectivity index (χ3v) is 15.7. The number of hydrogen-bond acceptors (Lipinski definition) is 16. The van der Waals surface area contributed by atoms with Crippen LogP contribution >= 0.6 is 35.0 Å². The lowest BCUT2D eigenvalue weighted by molar-refractivity contribution is -0.167. The summed E-state index contributed by atoms with van der Waals surface area (Å²) in [5.41, 5.74) is 0.844. The molecule has 83 heavy (non-hydrogen) atoms. The number of H-pyrrole nitrogens is 1. The van der Waals surface area contributed by atoms with Gasteiger partial charge in [0.25, 0.3) is 11.8 Å². The Morgan fingerprint density at radius 1 is 0.771 bits per heavy atom. The summed E-state index contributed by atoms with van der Waals surface area (Å²) in [5.74, 6) is -15.5. The van der Waals surface area contributed by atoms with Gasteiger partial charge in [0.2, 0.25) is 59.1 Å². The number of amides is 12. The maximum absolute atomic E-state index is 14.7. The van der Waals surface area contributed by atoms with Crippen molar-refractivity contribution < 1.29 is 77.0 Å². The number of thioether (sulfide) groups is 1. The number of esters is 1. The van der Waals surface area contributed by atoms with Crippen LogP contribution < -0.4 is 47.9 Å². The van der Waals surface area contributed by atoms with Gasteiger partial charge in [0.05, 0.1) is 31.6 Å². The Labute approximate surface area is 490 Å². The minimum absolute atomic E-state index is 0.0260. The zero-order valence-corrected chi connectivity index (χ0v) is 48.6. The first-order valence-electron chi connectivity index (χ1n) is 26.6. The monoisotopic (exact) mass is 1220 g/mol. The molecule has 454 valence electrons. The van der Waals surface area contributed by atoms with Crippen molar-refractivity contribution in [2.24, 2.45) is 11.8 Å². The second-order valence-electron chi connectivity index (χ2n) is 19.9. The molecule has 0 spiro atoms. The Morgan fingerprint density at radius 2 is 1.40 bits per heavy atom. The van der Waals surface area contributed by atoms with E-state index in [1.165, 1.54) is 17.0 Å². The summed E-state index contributed by atoms with van der Waals surface area (Å²) in [4.78, 5) is 194. The van der Waals surface area contributed by atoms with Crippen molar-refractivity contribution in [3.8, 4) is 0 Å². The normalized spacial score (nSPS) is 22.1. The van der Waals surface area contributed by atoms with Gasteiger partial charge in [-0.2, -0.15) is 0 Å². The molecular weight excluding hydrogens is 1150 g/mol. The van der Waals surface area contributed by atoms with Crippen LogP contribution in [0.5, 0.6) is 0 Å². The van der Waals surface area contributed by atoms with E-state index in [-0.39, 0.29) is 48.8 Å². The van der Waals surface area contributed by atoms with Gasteiger partial charge in [0.15, 0.2) is 0 Å². The van der Waals surface area contributed by atoms with Crippen LogP contribution in [0.1, 0.15) is 71.8 Å². The molecule has 2 bridgehead atoms. The lowest BCUT2D eigenvalue weighted by Crippen LogP contribution is -2.61. The van der Waals surface area contributed by atoms with Crippen LogP contribution in [0.25, 0.3) is 10.9 Å². The van der Waals surface area contributed by atoms with Gasteiger partial charge in [-0.05, 0) is 48.4 Å². The number of aromatic amines is 1. The van der Waals surface area contributed by atoms with Crippen LogP contribution in [0, 0.1) is 11.8 Å². The van der Waals surface area contributed by atoms with Crippen LogP contribution in [0.3, 0.4) is 0 Å². The van der Waals surface area contributed by atoms with E-state index in [2.05, 4.69) is 52.8 Å². The minimum Gasteiger partial charge on any atom is -0.480 e. The highest BCUT2D eigenvalue weighted by Crippen LogP contribution is 2.34. The Bertz CT molecular complexity index is 2840. The highest BCUT2D eigenvalue weighted by atomic mass is 35.5. The number of alkyl halides is 2.